The zero-order valence-electron chi connectivity index (χ0n) is 8.95. The van der Waals surface area contributed by atoms with E-state index in [1.165, 1.54) is 0 Å². The van der Waals surface area contributed by atoms with Gasteiger partial charge in [0, 0.05) is 11.1 Å². The van der Waals surface area contributed by atoms with Crippen LogP contribution in [0.2, 0.25) is 0 Å². The van der Waals surface area contributed by atoms with E-state index in [1.54, 1.807) is 0 Å². The summed E-state index contributed by atoms with van der Waals surface area (Å²) in [6, 6.07) is 0. The van der Waals surface area contributed by atoms with Gasteiger partial charge in [-0.15, -0.1) is 0 Å². The molecule has 2 unspecified atom stereocenters. The standard InChI is InChI=1S/C10H16N2O4/c13-7(14)11-9-2-1-3-10(6-9,5-4-9)12-8(15)16/h11-12H,1-6H2,(H,13,14)(H,15,16). The van der Waals surface area contributed by atoms with Crippen molar-refractivity contribution in [3.8, 4) is 0 Å². The molecule has 2 fully saturated rings. The highest BCUT2D eigenvalue weighted by Gasteiger charge is 2.52. The molecule has 6 heteroatoms. The Kier molecular flexibility index (Phi) is 2.44. The quantitative estimate of drug-likeness (QED) is 0.573. The molecule has 2 bridgehead atoms. The molecule has 90 valence electrons. The normalized spacial score (nSPS) is 36.8. The summed E-state index contributed by atoms with van der Waals surface area (Å²) < 4.78 is 0. The van der Waals surface area contributed by atoms with E-state index in [0.29, 0.717) is 6.42 Å². The summed E-state index contributed by atoms with van der Waals surface area (Å²) in [5, 5.41) is 22.7. The first kappa shape index (κ1) is 11.0. The van der Waals surface area contributed by atoms with Crippen LogP contribution >= 0.6 is 0 Å². The maximum atomic E-state index is 10.7. The fourth-order valence-corrected chi connectivity index (χ4v) is 3.29. The molecule has 2 aliphatic rings. The van der Waals surface area contributed by atoms with E-state index in [0.717, 1.165) is 32.1 Å². The summed E-state index contributed by atoms with van der Waals surface area (Å²) in [5.74, 6) is 0. The van der Waals surface area contributed by atoms with Crippen LogP contribution in [-0.2, 0) is 0 Å². The van der Waals surface area contributed by atoms with Gasteiger partial charge in [0.05, 0.1) is 0 Å². The van der Waals surface area contributed by atoms with Crippen molar-refractivity contribution >= 4 is 12.2 Å². The van der Waals surface area contributed by atoms with Gasteiger partial charge in [0.25, 0.3) is 0 Å². The van der Waals surface area contributed by atoms with Gasteiger partial charge in [0.2, 0.25) is 0 Å². The largest absolute Gasteiger partial charge is 0.465 e. The van der Waals surface area contributed by atoms with Crippen LogP contribution in [0.1, 0.15) is 38.5 Å². The summed E-state index contributed by atoms with van der Waals surface area (Å²) in [6.45, 7) is 0. The Labute approximate surface area is 93.0 Å². The van der Waals surface area contributed by atoms with Crippen LogP contribution in [0.5, 0.6) is 0 Å². The van der Waals surface area contributed by atoms with Crippen LogP contribution in [-0.4, -0.2) is 33.5 Å². The van der Waals surface area contributed by atoms with E-state index in [2.05, 4.69) is 10.6 Å². The molecule has 0 spiro atoms. The summed E-state index contributed by atoms with van der Waals surface area (Å²) in [5.41, 5.74) is -0.820. The second-order valence-electron chi connectivity index (χ2n) is 4.95. The van der Waals surface area contributed by atoms with Crippen molar-refractivity contribution in [1.82, 2.24) is 10.6 Å². The number of hydrogen-bond acceptors (Lipinski definition) is 2. The Morgan fingerprint density at radius 2 is 1.31 bits per heavy atom. The van der Waals surface area contributed by atoms with Gasteiger partial charge in [-0.3, -0.25) is 0 Å². The topological polar surface area (TPSA) is 98.7 Å². The Morgan fingerprint density at radius 3 is 1.69 bits per heavy atom. The fourth-order valence-electron chi connectivity index (χ4n) is 3.29. The lowest BCUT2D eigenvalue weighted by molar-refractivity contribution is 0.148. The lowest BCUT2D eigenvalue weighted by Crippen LogP contribution is -2.54. The highest BCUT2D eigenvalue weighted by atomic mass is 16.4. The first-order chi connectivity index (χ1) is 7.45. The molecule has 2 aliphatic carbocycles. The summed E-state index contributed by atoms with van der Waals surface area (Å²) in [6.07, 6.45) is 2.46. The lowest BCUT2D eigenvalue weighted by atomic mass is 9.78. The minimum atomic E-state index is -1.02. The lowest BCUT2D eigenvalue weighted by Gasteiger charge is -2.39. The van der Waals surface area contributed by atoms with Crippen molar-refractivity contribution in [2.45, 2.75) is 49.6 Å². The van der Waals surface area contributed by atoms with Gasteiger partial charge in [0.1, 0.15) is 0 Å². The Hall–Kier alpha value is -1.46. The third-order valence-corrected chi connectivity index (χ3v) is 3.81. The molecule has 0 aromatic rings. The molecule has 0 heterocycles. The zero-order valence-corrected chi connectivity index (χ0v) is 8.95. The summed E-state index contributed by atoms with van der Waals surface area (Å²) in [4.78, 5) is 21.5. The van der Waals surface area contributed by atoms with Crippen LogP contribution in [0.25, 0.3) is 0 Å². The Morgan fingerprint density at radius 1 is 0.875 bits per heavy atom. The molecule has 0 radical (unpaired) electrons. The molecule has 16 heavy (non-hydrogen) atoms. The molecule has 6 nitrogen and oxygen atoms in total. The number of hydrogen-bond donors (Lipinski definition) is 4. The van der Waals surface area contributed by atoms with E-state index < -0.39 is 23.3 Å². The Bertz CT molecular complexity index is 303. The van der Waals surface area contributed by atoms with E-state index in [1.807, 2.05) is 0 Å². The summed E-state index contributed by atoms with van der Waals surface area (Å²) in [7, 11) is 0. The number of rotatable bonds is 2. The van der Waals surface area contributed by atoms with E-state index in [4.69, 9.17) is 10.2 Å². The number of carbonyl (C=O) groups is 2. The minimum Gasteiger partial charge on any atom is -0.465 e. The van der Waals surface area contributed by atoms with Gasteiger partial charge in [0.15, 0.2) is 0 Å². The van der Waals surface area contributed by atoms with E-state index >= 15 is 0 Å². The number of fused-ring (bicyclic) bond motifs is 2. The van der Waals surface area contributed by atoms with Crippen molar-refractivity contribution in [3.63, 3.8) is 0 Å². The highest BCUT2D eigenvalue weighted by molar-refractivity contribution is 5.67. The molecular formula is C10H16N2O4. The molecule has 0 aliphatic heterocycles. The van der Waals surface area contributed by atoms with Crippen molar-refractivity contribution in [2.24, 2.45) is 0 Å². The van der Waals surface area contributed by atoms with Crippen LogP contribution in [0, 0.1) is 0 Å². The molecule has 2 atom stereocenters. The molecule has 4 N–H and O–H groups in total. The second-order valence-corrected chi connectivity index (χ2v) is 4.95. The molecule has 2 amide bonds. The van der Waals surface area contributed by atoms with Crippen LogP contribution in [0.15, 0.2) is 0 Å². The van der Waals surface area contributed by atoms with Crippen molar-refractivity contribution in [1.29, 1.82) is 0 Å². The van der Waals surface area contributed by atoms with E-state index in [-0.39, 0.29) is 0 Å². The third kappa shape index (κ3) is 1.91. The first-order valence-corrected chi connectivity index (χ1v) is 5.48. The zero-order chi connectivity index (χ0) is 11.8. The Balaban J connectivity index is 2.11. The molecule has 2 rings (SSSR count). The van der Waals surface area contributed by atoms with Crippen LogP contribution in [0.4, 0.5) is 9.59 Å². The van der Waals surface area contributed by atoms with Crippen LogP contribution in [0.3, 0.4) is 0 Å². The van der Waals surface area contributed by atoms with Gasteiger partial charge < -0.3 is 20.8 Å². The van der Waals surface area contributed by atoms with Gasteiger partial charge in [-0.2, -0.15) is 0 Å². The highest BCUT2D eigenvalue weighted by Crippen LogP contribution is 2.47. The summed E-state index contributed by atoms with van der Waals surface area (Å²) >= 11 is 0. The fraction of sp³-hybridized carbons (Fsp3) is 0.800. The predicted molar refractivity (Wildman–Crippen MR) is 55.5 cm³/mol. The minimum absolute atomic E-state index is 0.410. The van der Waals surface area contributed by atoms with Crippen LogP contribution < -0.4 is 10.6 Å². The molecule has 2 saturated carbocycles. The van der Waals surface area contributed by atoms with Gasteiger partial charge in [-0.25, -0.2) is 9.59 Å². The predicted octanol–water partition coefficient (Wildman–Crippen LogP) is 1.37. The average Bonchev–Trinajstić information content (AvgIpc) is 2.35. The molecule has 0 aromatic carbocycles. The van der Waals surface area contributed by atoms with Crippen molar-refractivity contribution in [3.05, 3.63) is 0 Å². The average molecular weight is 228 g/mol. The smallest absolute Gasteiger partial charge is 0.405 e. The number of carboxylic acid groups (broad SMARTS) is 2. The second kappa shape index (κ2) is 3.54. The molecule has 0 aromatic heterocycles. The van der Waals surface area contributed by atoms with E-state index in [9.17, 15) is 9.59 Å². The third-order valence-electron chi connectivity index (χ3n) is 3.81. The number of amides is 2. The van der Waals surface area contributed by atoms with Gasteiger partial charge in [-0.1, -0.05) is 0 Å². The maximum absolute atomic E-state index is 10.7. The first-order valence-electron chi connectivity index (χ1n) is 5.48. The van der Waals surface area contributed by atoms with Crippen molar-refractivity contribution in [2.75, 3.05) is 0 Å². The van der Waals surface area contributed by atoms with Crippen molar-refractivity contribution < 1.29 is 19.8 Å². The van der Waals surface area contributed by atoms with Gasteiger partial charge >= 0.3 is 12.2 Å². The van der Waals surface area contributed by atoms with Gasteiger partial charge in [-0.05, 0) is 38.5 Å². The monoisotopic (exact) mass is 228 g/mol. The maximum Gasteiger partial charge on any atom is 0.405 e. The SMILES string of the molecule is O=C(O)NC12CCCC(NC(=O)O)(CC1)C2. The molecular weight excluding hydrogens is 212 g/mol. The number of nitrogens with one attached hydrogen (secondary N) is 2. The molecule has 0 saturated heterocycles.